The fourth-order valence-electron chi connectivity index (χ4n) is 2.37. The van der Waals surface area contributed by atoms with Crippen molar-refractivity contribution < 1.29 is 4.79 Å². The molecule has 1 unspecified atom stereocenters. The third-order valence-electron chi connectivity index (χ3n) is 3.08. The van der Waals surface area contributed by atoms with Crippen LogP contribution in [-0.2, 0) is 4.79 Å². The number of benzene rings is 1. The van der Waals surface area contributed by atoms with Crippen LogP contribution in [0.25, 0.3) is 0 Å². The van der Waals surface area contributed by atoms with Crippen molar-refractivity contribution in [2.24, 2.45) is 0 Å². The quantitative estimate of drug-likeness (QED) is 0.931. The monoisotopic (exact) mass is 310 g/mol. The van der Waals surface area contributed by atoms with E-state index in [0.29, 0.717) is 6.04 Å². The van der Waals surface area contributed by atoms with E-state index in [9.17, 15) is 4.79 Å². The molecule has 0 bridgehead atoms. The number of amides is 1. The second kappa shape index (κ2) is 5.41. The molecule has 1 aliphatic heterocycles. The van der Waals surface area contributed by atoms with Crippen molar-refractivity contribution in [3.63, 3.8) is 0 Å². The molecule has 1 N–H and O–H groups in total. The van der Waals surface area contributed by atoms with Gasteiger partial charge in [-0.05, 0) is 37.1 Å². The molecule has 1 aromatic carbocycles. The highest BCUT2D eigenvalue weighted by atomic mass is 79.9. The minimum absolute atomic E-state index is 0.0377. The van der Waals surface area contributed by atoms with Gasteiger partial charge in [-0.1, -0.05) is 29.8 Å². The molecule has 2 rings (SSSR count). The molecule has 1 atom stereocenters. The second-order valence-electron chi connectivity index (χ2n) is 5.14. The van der Waals surface area contributed by atoms with Crippen LogP contribution in [0.5, 0.6) is 0 Å². The summed E-state index contributed by atoms with van der Waals surface area (Å²) in [6.45, 7) is 6.97. The molecule has 1 aliphatic rings. The summed E-state index contributed by atoms with van der Waals surface area (Å²) in [5.41, 5.74) is 2.15. The maximum absolute atomic E-state index is 12.3. The molecule has 1 amide bonds. The molecule has 3 nitrogen and oxygen atoms in total. The van der Waals surface area contributed by atoms with Gasteiger partial charge >= 0.3 is 0 Å². The van der Waals surface area contributed by atoms with Crippen LogP contribution in [0.3, 0.4) is 0 Å². The minimum Gasteiger partial charge on any atom is -0.311 e. The fraction of sp³-hybridized carbons (Fsp3) is 0.500. The normalized spacial score (nSPS) is 19.9. The summed E-state index contributed by atoms with van der Waals surface area (Å²) in [5.74, 6) is 0.182. The Hall–Kier alpha value is -0.870. The summed E-state index contributed by atoms with van der Waals surface area (Å²) in [7, 11) is 0. The van der Waals surface area contributed by atoms with Gasteiger partial charge in [0.1, 0.15) is 0 Å². The number of hydrogen-bond donors (Lipinski definition) is 1. The van der Waals surface area contributed by atoms with E-state index in [1.807, 2.05) is 24.0 Å². The zero-order chi connectivity index (χ0) is 13.3. The number of anilines is 1. The van der Waals surface area contributed by atoms with Crippen molar-refractivity contribution in [1.29, 1.82) is 0 Å². The predicted octanol–water partition coefficient (Wildman–Crippen LogP) is 2.86. The zero-order valence-electron chi connectivity index (χ0n) is 11.0. The Kier molecular flexibility index (Phi) is 4.07. The molecule has 1 aromatic rings. The van der Waals surface area contributed by atoms with Crippen LogP contribution in [0.1, 0.15) is 25.8 Å². The fourth-order valence-corrected chi connectivity index (χ4v) is 2.96. The second-order valence-corrected chi connectivity index (χ2v) is 6.05. The lowest BCUT2D eigenvalue weighted by atomic mass is 10.2. The summed E-state index contributed by atoms with van der Waals surface area (Å²) in [4.78, 5) is 14.2. The molecular formula is C14H19BrN2O. The van der Waals surface area contributed by atoms with Gasteiger partial charge in [-0.2, -0.15) is 0 Å². The van der Waals surface area contributed by atoms with E-state index in [1.165, 1.54) is 0 Å². The average Bonchev–Trinajstić information content (AvgIpc) is 2.58. The molecule has 18 heavy (non-hydrogen) atoms. The van der Waals surface area contributed by atoms with E-state index in [0.717, 1.165) is 28.7 Å². The molecule has 0 spiro atoms. The predicted molar refractivity (Wildman–Crippen MR) is 77.9 cm³/mol. The van der Waals surface area contributed by atoms with Gasteiger partial charge in [0.25, 0.3) is 0 Å². The summed E-state index contributed by atoms with van der Waals surface area (Å²) in [6, 6.07) is 6.41. The summed E-state index contributed by atoms with van der Waals surface area (Å²) >= 11 is 3.48. The van der Waals surface area contributed by atoms with E-state index < -0.39 is 0 Å². The van der Waals surface area contributed by atoms with Crippen molar-refractivity contribution in [3.05, 3.63) is 28.2 Å². The highest BCUT2D eigenvalue weighted by Crippen LogP contribution is 2.26. The number of rotatable bonds is 3. The molecule has 1 heterocycles. The maximum Gasteiger partial charge on any atom is 0.244 e. The van der Waals surface area contributed by atoms with Crippen LogP contribution in [0.2, 0.25) is 0 Å². The topological polar surface area (TPSA) is 32.3 Å². The van der Waals surface area contributed by atoms with Crippen molar-refractivity contribution in [2.75, 3.05) is 11.4 Å². The number of carbonyl (C=O) groups excluding carboxylic acids is 1. The Bertz CT molecular complexity index is 439. The van der Waals surface area contributed by atoms with E-state index in [4.69, 9.17) is 0 Å². The Morgan fingerprint density at radius 3 is 2.72 bits per heavy atom. The Morgan fingerprint density at radius 1 is 1.39 bits per heavy atom. The number of carbonyl (C=O) groups is 1. The highest BCUT2D eigenvalue weighted by molar-refractivity contribution is 9.10. The molecule has 1 saturated heterocycles. The number of halogens is 1. The van der Waals surface area contributed by atoms with E-state index in [2.05, 4.69) is 41.2 Å². The summed E-state index contributed by atoms with van der Waals surface area (Å²) < 4.78 is 1.02. The standard InChI is InChI=1S/C14H19BrN2O/c1-9(2)16-13-4-5-17(14(13)18)12-7-10(3)6-11(15)8-12/h6-9,13,16H,4-5H2,1-3H3. The molecule has 0 aromatic heterocycles. The largest absolute Gasteiger partial charge is 0.311 e. The van der Waals surface area contributed by atoms with Crippen LogP contribution < -0.4 is 10.2 Å². The SMILES string of the molecule is Cc1cc(Br)cc(N2CCC(NC(C)C)C2=O)c1. The Balaban J connectivity index is 2.18. The first-order valence-corrected chi connectivity index (χ1v) is 7.11. The maximum atomic E-state index is 12.3. The smallest absolute Gasteiger partial charge is 0.244 e. The molecule has 0 saturated carbocycles. The average molecular weight is 311 g/mol. The number of hydrogen-bond acceptors (Lipinski definition) is 2. The molecule has 4 heteroatoms. The Morgan fingerprint density at radius 2 is 2.11 bits per heavy atom. The molecule has 0 aliphatic carbocycles. The first kappa shape index (κ1) is 13.6. The van der Waals surface area contributed by atoms with Gasteiger partial charge in [0.15, 0.2) is 0 Å². The van der Waals surface area contributed by atoms with Crippen LogP contribution in [-0.4, -0.2) is 24.5 Å². The van der Waals surface area contributed by atoms with E-state index >= 15 is 0 Å². The molecule has 0 radical (unpaired) electrons. The van der Waals surface area contributed by atoms with Crippen molar-refractivity contribution >= 4 is 27.5 Å². The summed E-state index contributed by atoms with van der Waals surface area (Å²) in [5, 5.41) is 3.32. The van der Waals surface area contributed by atoms with Gasteiger partial charge in [-0.15, -0.1) is 0 Å². The van der Waals surface area contributed by atoms with Crippen molar-refractivity contribution in [1.82, 2.24) is 5.32 Å². The lowest BCUT2D eigenvalue weighted by Crippen LogP contribution is -2.41. The number of nitrogens with zero attached hydrogens (tertiary/aromatic N) is 1. The molecule has 1 fully saturated rings. The first-order valence-electron chi connectivity index (χ1n) is 6.32. The van der Waals surface area contributed by atoms with Crippen molar-refractivity contribution in [2.45, 2.75) is 39.3 Å². The van der Waals surface area contributed by atoms with E-state index in [-0.39, 0.29) is 11.9 Å². The summed E-state index contributed by atoms with van der Waals surface area (Å²) in [6.07, 6.45) is 0.878. The van der Waals surface area contributed by atoms with Crippen LogP contribution in [0.15, 0.2) is 22.7 Å². The van der Waals surface area contributed by atoms with Gasteiger partial charge in [-0.25, -0.2) is 0 Å². The van der Waals surface area contributed by atoms with Crippen LogP contribution in [0.4, 0.5) is 5.69 Å². The first-order chi connectivity index (χ1) is 8.47. The lowest BCUT2D eigenvalue weighted by Gasteiger charge is -2.19. The van der Waals surface area contributed by atoms with E-state index in [1.54, 1.807) is 0 Å². The number of aryl methyl sites for hydroxylation is 1. The number of nitrogens with one attached hydrogen (secondary N) is 1. The van der Waals surface area contributed by atoms with Crippen LogP contribution in [0, 0.1) is 6.92 Å². The lowest BCUT2D eigenvalue weighted by molar-refractivity contribution is -0.118. The Labute approximate surface area is 117 Å². The minimum atomic E-state index is -0.0377. The van der Waals surface area contributed by atoms with Gasteiger partial charge in [0.05, 0.1) is 6.04 Å². The molecular weight excluding hydrogens is 292 g/mol. The van der Waals surface area contributed by atoms with Gasteiger partial charge in [-0.3, -0.25) is 4.79 Å². The van der Waals surface area contributed by atoms with Crippen LogP contribution >= 0.6 is 15.9 Å². The van der Waals surface area contributed by atoms with Crippen molar-refractivity contribution in [3.8, 4) is 0 Å². The third-order valence-corrected chi connectivity index (χ3v) is 3.54. The highest BCUT2D eigenvalue weighted by Gasteiger charge is 2.32. The zero-order valence-corrected chi connectivity index (χ0v) is 12.6. The molecule has 98 valence electrons. The van der Waals surface area contributed by atoms with Gasteiger partial charge in [0.2, 0.25) is 5.91 Å². The van der Waals surface area contributed by atoms with Gasteiger partial charge in [0, 0.05) is 22.7 Å². The van der Waals surface area contributed by atoms with Gasteiger partial charge < -0.3 is 10.2 Å². The third kappa shape index (κ3) is 2.93.